The Bertz CT molecular complexity index is 936. The van der Waals surface area contributed by atoms with Crippen molar-refractivity contribution in [2.45, 2.75) is 51.6 Å². The fourth-order valence-electron chi connectivity index (χ4n) is 1.89. The zero-order valence-electron chi connectivity index (χ0n) is 19.0. The Morgan fingerprint density at radius 2 is 1.48 bits per heavy atom. The summed E-state index contributed by atoms with van der Waals surface area (Å²) in [5, 5.41) is 0. The van der Waals surface area contributed by atoms with Crippen molar-refractivity contribution in [2.24, 2.45) is 0 Å². The van der Waals surface area contributed by atoms with E-state index >= 15 is 0 Å². The number of unbranched alkanes of at least 4 members (excludes halogenated alkanes) is 4. The van der Waals surface area contributed by atoms with Crippen LogP contribution in [0.5, 0.6) is 0 Å². The molecule has 1 atom stereocenters. The first kappa shape index (κ1) is 36.4. The predicted molar refractivity (Wildman–Crippen MR) is 108 cm³/mol. The van der Waals surface area contributed by atoms with Crippen molar-refractivity contribution >= 4 is 19.8 Å². The molecule has 0 amide bonds. The van der Waals surface area contributed by atoms with E-state index in [9.17, 15) is 23.9 Å². The Kier molecular flexibility index (Phi) is 26.5. The van der Waals surface area contributed by atoms with Gasteiger partial charge in [-0.1, -0.05) is 32.6 Å². The average molecular weight is 490 g/mol. The second kappa shape index (κ2) is 24.0. The molecule has 0 bridgehead atoms. The van der Waals surface area contributed by atoms with Crippen LogP contribution >= 0.6 is 7.82 Å². The summed E-state index contributed by atoms with van der Waals surface area (Å²) in [5.74, 6) is 18.5. The van der Waals surface area contributed by atoms with E-state index in [1.165, 1.54) is 0 Å². The average Bonchev–Trinajstić information content (AvgIpc) is 2.71. The molecule has 0 saturated heterocycles. The van der Waals surface area contributed by atoms with E-state index in [-0.39, 0.29) is 65.5 Å². The number of ether oxygens (including phenoxy) is 2. The smallest absolute Gasteiger partial charge is 0.790 e. The molecule has 11 heteroatoms. The Balaban J connectivity index is -0.00000450. The number of esters is 2. The van der Waals surface area contributed by atoms with E-state index in [0.29, 0.717) is 6.42 Å². The predicted octanol–water partition coefficient (Wildman–Crippen LogP) is -5.70. The quantitative estimate of drug-likeness (QED) is 0.0662. The fourth-order valence-corrected chi connectivity index (χ4v) is 2.24. The first-order chi connectivity index (χ1) is 14.8. The van der Waals surface area contributed by atoms with Gasteiger partial charge in [0.1, 0.15) is 6.61 Å². The van der Waals surface area contributed by atoms with Crippen LogP contribution in [-0.4, -0.2) is 31.3 Å². The van der Waals surface area contributed by atoms with Gasteiger partial charge in [-0.2, -0.15) is 0 Å². The molecule has 0 rings (SSSR count). The number of hydrogen-bond acceptors (Lipinski definition) is 8. The zero-order valence-corrected chi connectivity index (χ0v) is 23.9. The van der Waals surface area contributed by atoms with Crippen LogP contribution in [0.25, 0.3) is 0 Å². The summed E-state index contributed by atoms with van der Waals surface area (Å²) in [6, 6.07) is 0. The van der Waals surface area contributed by atoms with E-state index in [4.69, 9.17) is 15.9 Å². The fraction of sp³-hybridized carbons (Fsp3) is 0.455. The molecule has 0 aromatic rings. The van der Waals surface area contributed by atoms with Gasteiger partial charge in [-0.05, 0) is 53.8 Å². The van der Waals surface area contributed by atoms with Gasteiger partial charge in [-0.15, -0.1) is 6.42 Å². The summed E-state index contributed by atoms with van der Waals surface area (Å²) >= 11 is 0. The summed E-state index contributed by atoms with van der Waals surface area (Å²) in [4.78, 5) is 44.8. The van der Waals surface area contributed by atoms with Crippen molar-refractivity contribution < 1.29 is 97.1 Å². The molecule has 0 saturated carbocycles. The van der Waals surface area contributed by atoms with E-state index in [1.54, 1.807) is 0 Å². The van der Waals surface area contributed by atoms with Gasteiger partial charge in [-0.25, -0.2) is 4.79 Å². The molecule has 0 aliphatic carbocycles. The van der Waals surface area contributed by atoms with E-state index in [1.807, 2.05) is 5.92 Å². The normalized spacial score (nSPS) is 9.52. The number of hydrogen-bond donors (Lipinski definition) is 0. The Morgan fingerprint density at radius 1 is 0.909 bits per heavy atom. The Hall–Kier alpha value is -1.15. The minimum absolute atomic E-state index is 0. The van der Waals surface area contributed by atoms with Gasteiger partial charge in [0.25, 0.3) is 0 Å². The molecule has 0 spiro atoms. The Labute approximate surface area is 239 Å². The molecular formula is C22H21Na2O8P. The maximum atomic E-state index is 11.9. The number of carbonyl (C=O) groups excluding carboxylic acids is 2. The first-order valence-corrected chi connectivity index (χ1v) is 10.7. The number of rotatable bonds is 12. The van der Waals surface area contributed by atoms with Crippen molar-refractivity contribution in [1.82, 2.24) is 0 Å². The van der Waals surface area contributed by atoms with Crippen molar-refractivity contribution in [3.63, 3.8) is 0 Å². The molecule has 0 aliphatic rings. The molecule has 164 valence electrons. The van der Waals surface area contributed by atoms with Crippen LogP contribution in [0.1, 0.15) is 45.4 Å². The SMILES string of the molecule is C#CC#CC#CC#CC#CC(=O)OC[C@H](COP(=O)([O-])[O-])OC(=O)CCCCCCC.[Na+].[Na+]. The van der Waals surface area contributed by atoms with Crippen LogP contribution in [0.4, 0.5) is 0 Å². The summed E-state index contributed by atoms with van der Waals surface area (Å²) in [5.41, 5.74) is 0. The zero-order chi connectivity index (χ0) is 23.4. The molecule has 0 fully saturated rings. The molecule has 33 heavy (non-hydrogen) atoms. The Morgan fingerprint density at radius 3 is 2.06 bits per heavy atom. The third-order valence-corrected chi connectivity index (χ3v) is 3.68. The van der Waals surface area contributed by atoms with Gasteiger partial charge >= 0.3 is 71.1 Å². The van der Waals surface area contributed by atoms with E-state index in [2.05, 4.69) is 58.8 Å². The van der Waals surface area contributed by atoms with Crippen LogP contribution in [0.3, 0.4) is 0 Å². The maximum absolute atomic E-state index is 11.9. The first-order valence-electron chi connectivity index (χ1n) is 9.28. The molecular weight excluding hydrogens is 469 g/mol. The van der Waals surface area contributed by atoms with E-state index in [0.717, 1.165) is 25.7 Å². The molecule has 0 heterocycles. The second-order valence-electron chi connectivity index (χ2n) is 5.76. The van der Waals surface area contributed by atoms with Gasteiger partial charge in [0.2, 0.25) is 0 Å². The number of terminal acetylenes is 1. The van der Waals surface area contributed by atoms with E-state index < -0.39 is 39.1 Å². The van der Waals surface area contributed by atoms with Crippen molar-refractivity contribution in [1.29, 1.82) is 0 Å². The van der Waals surface area contributed by atoms with Crippen molar-refractivity contribution in [3.8, 4) is 59.7 Å². The topological polar surface area (TPSA) is 125 Å². The maximum Gasteiger partial charge on any atom is 1.00 e. The third kappa shape index (κ3) is 27.0. The van der Waals surface area contributed by atoms with Crippen molar-refractivity contribution in [2.75, 3.05) is 13.2 Å². The molecule has 0 aromatic heterocycles. The standard InChI is InChI=1S/C22H23O8P.2Na/c1-3-5-7-9-10-11-13-14-16-21(23)28-18-20(19-29-31(25,26)27)30-22(24)17-15-12-8-6-4-2;;/h1,20H,4,6,8,12,15,17-19H2,2H3,(H2,25,26,27);;/q;2*+1/p-2/t20-;;/m1../s1. The third-order valence-electron chi connectivity index (χ3n) is 3.21. The van der Waals surface area contributed by atoms with Crippen LogP contribution in [0.2, 0.25) is 0 Å². The van der Waals surface area contributed by atoms with Crippen LogP contribution in [-0.2, 0) is 28.2 Å². The summed E-state index contributed by atoms with van der Waals surface area (Å²) < 4.78 is 24.6. The molecule has 0 N–H and O–H groups in total. The molecule has 0 radical (unpaired) electrons. The van der Waals surface area contributed by atoms with Crippen LogP contribution in [0.15, 0.2) is 0 Å². The van der Waals surface area contributed by atoms with Gasteiger partial charge in [0.05, 0.1) is 14.4 Å². The minimum atomic E-state index is -5.29. The molecule has 8 nitrogen and oxygen atoms in total. The van der Waals surface area contributed by atoms with Gasteiger partial charge in [-0.3, -0.25) is 4.79 Å². The largest absolute Gasteiger partial charge is 1.00 e. The molecule has 0 unspecified atom stereocenters. The number of phosphoric acid groups is 1. The minimum Gasteiger partial charge on any atom is -0.790 e. The summed E-state index contributed by atoms with van der Waals surface area (Å²) in [7, 11) is -5.29. The summed E-state index contributed by atoms with van der Waals surface area (Å²) in [6.45, 7) is 0.735. The van der Waals surface area contributed by atoms with Crippen LogP contribution < -0.4 is 68.9 Å². The van der Waals surface area contributed by atoms with Crippen LogP contribution in [0, 0.1) is 59.7 Å². The number of phosphoric ester groups is 1. The summed E-state index contributed by atoms with van der Waals surface area (Å²) in [6.07, 6.45) is 8.24. The van der Waals surface area contributed by atoms with Gasteiger partial charge in [0, 0.05) is 12.3 Å². The monoisotopic (exact) mass is 490 g/mol. The van der Waals surface area contributed by atoms with Crippen molar-refractivity contribution in [3.05, 3.63) is 0 Å². The number of carbonyl (C=O) groups is 2. The second-order valence-corrected chi connectivity index (χ2v) is 6.91. The molecule has 0 aliphatic heterocycles. The molecule has 0 aromatic carbocycles. The van der Waals surface area contributed by atoms with Gasteiger partial charge < -0.3 is 28.3 Å². The van der Waals surface area contributed by atoms with Gasteiger partial charge in [0.15, 0.2) is 6.10 Å².